The van der Waals surface area contributed by atoms with Crippen LogP contribution in [-0.4, -0.2) is 66.5 Å². The minimum atomic E-state index is -0.474. The van der Waals surface area contributed by atoms with E-state index in [4.69, 9.17) is 0 Å². The maximum Gasteiger partial charge on any atom is 0.245 e. The number of aromatic nitrogens is 4. The molecule has 10 nitrogen and oxygen atoms in total. The summed E-state index contributed by atoms with van der Waals surface area (Å²) in [6.45, 7) is 6.32. The minimum absolute atomic E-state index is 0.0302. The summed E-state index contributed by atoms with van der Waals surface area (Å²) in [6, 6.07) is 3.46. The third-order valence-electron chi connectivity index (χ3n) is 9.36. The molecule has 0 radical (unpaired) electrons. The van der Waals surface area contributed by atoms with Gasteiger partial charge in [0, 0.05) is 62.1 Å². The lowest BCUT2D eigenvalue weighted by molar-refractivity contribution is -0.139. The van der Waals surface area contributed by atoms with E-state index in [2.05, 4.69) is 20.4 Å². The van der Waals surface area contributed by atoms with Crippen LogP contribution in [0, 0.1) is 12.3 Å². The van der Waals surface area contributed by atoms with Gasteiger partial charge in [0.15, 0.2) is 11.6 Å². The molecule has 4 heterocycles. The molecule has 0 spiro atoms. The molecule has 1 aromatic carbocycles. The molecule has 1 saturated carbocycles. The number of aryl methyl sites for hydroxylation is 1. The van der Waals surface area contributed by atoms with Gasteiger partial charge in [-0.3, -0.25) is 23.9 Å². The first-order valence-electron chi connectivity index (χ1n) is 15.1. The van der Waals surface area contributed by atoms with Crippen LogP contribution in [-0.2, 0) is 27.5 Å². The number of Topliss-reactive ketones (excluding diaryl/α,β-unsaturated/α-hetero) is 3. The van der Waals surface area contributed by atoms with E-state index < -0.39 is 6.04 Å². The Labute approximate surface area is 245 Å². The molecule has 220 valence electrons. The van der Waals surface area contributed by atoms with E-state index in [1.165, 1.54) is 6.92 Å². The summed E-state index contributed by atoms with van der Waals surface area (Å²) >= 11 is 0. The molecule has 42 heavy (non-hydrogen) atoms. The number of nitrogens with one attached hydrogen (secondary N) is 1. The average molecular weight is 571 g/mol. The van der Waals surface area contributed by atoms with Crippen molar-refractivity contribution in [1.82, 2.24) is 30.0 Å². The summed E-state index contributed by atoms with van der Waals surface area (Å²) in [5.74, 6) is 0.627. The Bertz CT molecular complexity index is 1580. The Morgan fingerprint density at radius 1 is 1.07 bits per heavy atom. The number of carbonyl (C=O) groups is 4. The van der Waals surface area contributed by atoms with Crippen molar-refractivity contribution < 1.29 is 19.2 Å². The standard InChI is InChI=1S/C32H38N6O4/c1-4-27(41)26-13-32-9-8-24(40)7-5-6-10-33-15-22-11-21(23-16-34-20(3)35-17-23)12-25-30(19(2)39)36-37(31(22)25)18-29(42)38(26)28(32)14-32/h11-12,16-17,26,28,33H,4-10,13-15,18H2,1-3H3/t26-,28+,32-/m0/s1. The zero-order valence-corrected chi connectivity index (χ0v) is 24.6. The maximum atomic E-state index is 14.0. The summed E-state index contributed by atoms with van der Waals surface area (Å²) in [4.78, 5) is 63.1. The SMILES string of the molecule is CCC(=O)[C@@H]1C[C@]23CCC(=O)CCCCNCc4cc(-c5cnc(C)nc5)cc5c(C(C)=O)nn(c45)CC(=O)N1[C@@H]2C3. The van der Waals surface area contributed by atoms with Crippen LogP contribution in [0.4, 0.5) is 0 Å². The maximum absolute atomic E-state index is 14.0. The van der Waals surface area contributed by atoms with Crippen molar-refractivity contribution in [3.05, 3.63) is 41.6 Å². The molecule has 1 aliphatic carbocycles. The average Bonchev–Trinajstić information content (AvgIpc) is 3.38. The lowest BCUT2D eigenvalue weighted by atomic mass is 9.90. The van der Waals surface area contributed by atoms with Crippen LogP contribution in [0.1, 0.15) is 87.1 Å². The summed E-state index contributed by atoms with van der Waals surface area (Å²) < 4.78 is 1.65. The molecule has 1 N–H and O–H groups in total. The molecule has 0 unspecified atom stereocenters. The van der Waals surface area contributed by atoms with E-state index >= 15 is 0 Å². The molecule has 2 bridgehead atoms. The number of piperidine rings is 1. The van der Waals surface area contributed by atoms with E-state index in [1.807, 2.05) is 26.0 Å². The molecule has 1 amide bonds. The van der Waals surface area contributed by atoms with E-state index in [1.54, 1.807) is 22.0 Å². The number of hydrogen-bond acceptors (Lipinski definition) is 8. The van der Waals surface area contributed by atoms with Crippen molar-refractivity contribution in [1.29, 1.82) is 0 Å². The molecular formula is C32H38N6O4. The van der Waals surface area contributed by atoms with Crippen LogP contribution in [0.15, 0.2) is 24.5 Å². The molecule has 2 fully saturated rings. The highest BCUT2D eigenvalue weighted by Crippen LogP contribution is 2.62. The van der Waals surface area contributed by atoms with Crippen LogP contribution in [0.5, 0.6) is 0 Å². The molecule has 3 aliphatic rings. The zero-order chi connectivity index (χ0) is 29.6. The first-order chi connectivity index (χ1) is 20.2. The Hall–Kier alpha value is -3.79. The smallest absolute Gasteiger partial charge is 0.245 e. The third kappa shape index (κ3) is 5.17. The molecular weight excluding hydrogens is 532 g/mol. The topological polar surface area (TPSA) is 127 Å². The number of benzene rings is 1. The second kappa shape index (κ2) is 11.1. The Kier molecular flexibility index (Phi) is 7.51. The van der Waals surface area contributed by atoms with Gasteiger partial charge in [0.1, 0.15) is 23.8 Å². The number of hydrogen-bond donors (Lipinski definition) is 1. The molecule has 10 heteroatoms. The highest BCUT2D eigenvalue weighted by atomic mass is 16.2. The minimum Gasteiger partial charge on any atom is -0.327 e. The number of amides is 1. The van der Waals surface area contributed by atoms with Crippen molar-refractivity contribution in [2.75, 3.05) is 6.54 Å². The van der Waals surface area contributed by atoms with E-state index in [-0.39, 0.29) is 41.3 Å². The summed E-state index contributed by atoms with van der Waals surface area (Å²) in [6.07, 6.45) is 8.78. The van der Waals surface area contributed by atoms with Gasteiger partial charge in [-0.1, -0.05) is 6.92 Å². The number of rotatable bonds is 4. The Morgan fingerprint density at radius 2 is 1.86 bits per heavy atom. The second-order valence-corrected chi connectivity index (χ2v) is 12.2. The van der Waals surface area contributed by atoms with Gasteiger partial charge in [0.2, 0.25) is 5.91 Å². The molecule has 1 saturated heterocycles. The number of carbonyl (C=O) groups excluding carboxylic acids is 4. The summed E-state index contributed by atoms with van der Waals surface area (Å²) in [7, 11) is 0. The first-order valence-corrected chi connectivity index (χ1v) is 15.1. The Balaban J connectivity index is 1.44. The van der Waals surface area contributed by atoms with Crippen LogP contribution in [0.25, 0.3) is 22.0 Å². The fourth-order valence-electron chi connectivity index (χ4n) is 7.00. The van der Waals surface area contributed by atoms with Crippen molar-refractivity contribution >= 4 is 34.2 Å². The lowest BCUT2D eigenvalue weighted by Crippen LogP contribution is -2.44. The molecule has 3 aromatic rings. The normalized spacial score (nSPS) is 24.9. The predicted molar refractivity (Wildman–Crippen MR) is 157 cm³/mol. The monoisotopic (exact) mass is 570 g/mol. The van der Waals surface area contributed by atoms with Crippen molar-refractivity contribution in [2.45, 2.75) is 97.3 Å². The fraction of sp³-hybridized carbons (Fsp3) is 0.531. The van der Waals surface area contributed by atoms with Gasteiger partial charge in [0.05, 0.1) is 11.6 Å². The quantitative estimate of drug-likeness (QED) is 0.467. The largest absolute Gasteiger partial charge is 0.327 e. The molecule has 3 atom stereocenters. The van der Waals surface area contributed by atoms with Crippen LogP contribution >= 0.6 is 0 Å². The van der Waals surface area contributed by atoms with Gasteiger partial charge in [-0.15, -0.1) is 0 Å². The first kappa shape index (κ1) is 28.3. The molecule has 6 rings (SSSR count). The van der Waals surface area contributed by atoms with Crippen LogP contribution < -0.4 is 5.32 Å². The second-order valence-electron chi connectivity index (χ2n) is 12.2. The van der Waals surface area contributed by atoms with Gasteiger partial charge in [-0.2, -0.15) is 5.10 Å². The van der Waals surface area contributed by atoms with Crippen LogP contribution in [0.2, 0.25) is 0 Å². The third-order valence-corrected chi connectivity index (χ3v) is 9.36. The van der Waals surface area contributed by atoms with Crippen LogP contribution in [0.3, 0.4) is 0 Å². The van der Waals surface area contributed by atoms with Crippen molar-refractivity contribution in [2.24, 2.45) is 5.41 Å². The van der Waals surface area contributed by atoms with Gasteiger partial charge in [0.25, 0.3) is 0 Å². The van der Waals surface area contributed by atoms with E-state index in [9.17, 15) is 19.2 Å². The van der Waals surface area contributed by atoms with Gasteiger partial charge in [-0.05, 0) is 74.2 Å². The van der Waals surface area contributed by atoms with Gasteiger partial charge in [-0.25, -0.2) is 9.97 Å². The zero-order valence-electron chi connectivity index (χ0n) is 24.6. The Morgan fingerprint density at radius 3 is 2.60 bits per heavy atom. The highest BCUT2D eigenvalue weighted by molar-refractivity contribution is 6.07. The fourth-order valence-corrected chi connectivity index (χ4v) is 7.00. The highest BCUT2D eigenvalue weighted by Gasteiger charge is 2.66. The number of ketones is 3. The predicted octanol–water partition coefficient (Wildman–Crippen LogP) is 3.97. The lowest BCUT2D eigenvalue weighted by Gasteiger charge is -2.26. The van der Waals surface area contributed by atoms with Crippen molar-refractivity contribution in [3.8, 4) is 11.1 Å². The van der Waals surface area contributed by atoms with E-state index in [0.29, 0.717) is 49.1 Å². The number of nitrogens with zero attached hydrogens (tertiary/aromatic N) is 5. The van der Waals surface area contributed by atoms with Crippen molar-refractivity contribution in [3.63, 3.8) is 0 Å². The molecule has 2 aromatic heterocycles. The van der Waals surface area contributed by atoms with Gasteiger partial charge >= 0.3 is 0 Å². The summed E-state index contributed by atoms with van der Waals surface area (Å²) in [5, 5.41) is 8.86. The summed E-state index contributed by atoms with van der Waals surface area (Å²) in [5.41, 5.74) is 3.48. The van der Waals surface area contributed by atoms with E-state index in [0.717, 1.165) is 54.4 Å². The van der Waals surface area contributed by atoms with Gasteiger partial charge < -0.3 is 10.2 Å². The molecule has 2 aliphatic heterocycles.